The SMILES string of the molecule is CCn1ccnc1[C@@H]1SCC(=O)N1C[C@H]1O[C@@H]2OC(C)(C)O[C@@H]2[C@H]1O. The third-order valence-corrected chi connectivity index (χ3v) is 5.96. The number of nitrogens with zero attached hydrogens (tertiary/aromatic N) is 3. The quantitative estimate of drug-likeness (QED) is 0.837. The van der Waals surface area contributed by atoms with Crippen LogP contribution >= 0.6 is 11.8 Å². The molecule has 8 nitrogen and oxygen atoms in total. The van der Waals surface area contributed by atoms with Crippen molar-refractivity contribution in [2.24, 2.45) is 0 Å². The molecule has 0 aliphatic carbocycles. The van der Waals surface area contributed by atoms with Gasteiger partial charge in [-0.1, -0.05) is 0 Å². The lowest BCUT2D eigenvalue weighted by atomic mass is 10.1. The molecule has 1 aromatic rings. The average Bonchev–Trinajstić information content (AvgIpc) is 3.28. The number of aryl methyl sites for hydroxylation is 1. The van der Waals surface area contributed by atoms with E-state index in [2.05, 4.69) is 4.98 Å². The molecule has 9 heteroatoms. The predicted molar refractivity (Wildman–Crippen MR) is 89.5 cm³/mol. The van der Waals surface area contributed by atoms with Gasteiger partial charge >= 0.3 is 0 Å². The van der Waals surface area contributed by atoms with Crippen molar-refractivity contribution in [2.45, 2.75) is 63.1 Å². The minimum Gasteiger partial charge on any atom is -0.387 e. The van der Waals surface area contributed by atoms with Crippen LogP contribution in [0.25, 0.3) is 0 Å². The first-order valence-electron chi connectivity index (χ1n) is 8.51. The van der Waals surface area contributed by atoms with E-state index in [9.17, 15) is 9.90 Å². The second-order valence-corrected chi connectivity index (χ2v) is 7.98. The minimum atomic E-state index is -0.836. The summed E-state index contributed by atoms with van der Waals surface area (Å²) < 4.78 is 19.3. The lowest BCUT2D eigenvalue weighted by molar-refractivity contribution is -0.216. The molecule has 0 unspecified atom stereocenters. The molecule has 0 spiro atoms. The Kier molecular flexibility index (Phi) is 4.32. The zero-order valence-electron chi connectivity index (χ0n) is 14.5. The highest BCUT2D eigenvalue weighted by molar-refractivity contribution is 8.00. The molecule has 5 atom stereocenters. The first kappa shape index (κ1) is 17.3. The number of aliphatic hydroxyl groups is 1. The summed E-state index contributed by atoms with van der Waals surface area (Å²) in [4.78, 5) is 18.5. The van der Waals surface area contributed by atoms with Crippen LogP contribution in [0.15, 0.2) is 12.4 Å². The lowest BCUT2D eigenvalue weighted by Crippen LogP contribution is -2.43. The van der Waals surface area contributed by atoms with Gasteiger partial charge in [0.1, 0.15) is 29.5 Å². The molecule has 0 bridgehead atoms. The average molecular weight is 369 g/mol. The number of imidazole rings is 1. The third-order valence-electron chi connectivity index (χ3n) is 4.77. The van der Waals surface area contributed by atoms with E-state index < -0.39 is 30.4 Å². The van der Waals surface area contributed by atoms with Crippen LogP contribution in [0.3, 0.4) is 0 Å². The Bertz CT molecular complexity index is 666. The van der Waals surface area contributed by atoms with Gasteiger partial charge in [-0.15, -0.1) is 11.8 Å². The maximum absolute atomic E-state index is 12.4. The molecule has 3 saturated heterocycles. The number of amides is 1. The zero-order valence-corrected chi connectivity index (χ0v) is 15.3. The van der Waals surface area contributed by atoms with Crippen LogP contribution < -0.4 is 0 Å². The topological polar surface area (TPSA) is 86.1 Å². The van der Waals surface area contributed by atoms with Gasteiger partial charge in [0.2, 0.25) is 5.91 Å². The largest absolute Gasteiger partial charge is 0.387 e. The van der Waals surface area contributed by atoms with Crippen molar-refractivity contribution in [3.8, 4) is 0 Å². The Labute approximate surface area is 150 Å². The summed E-state index contributed by atoms with van der Waals surface area (Å²) >= 11 is 1.54. The van der Waals surface area contributed by atoms with E-state index in [0.717, 1.165) is 12.4 Å². The summed E-state index contributed by atoms with van der Waals surface area (Å²) in [5, 5.41) is 10.4. The summed E-state index contributed by atoms with van der Waals surface area (Å²) in [6, 6.07) is 0. The molecule has 3 fully saturated rings. The second-order valence-electron chi connectivity index (χ2n) is 6.91. The van der Waals surface area contributed by atoms with Crippen LogP contribution in [0.4, 0.5) is 0 Å². The highest BCUT2D eigenvalue weighted by Crippen LogP contribution is 2.41. The van der Waals surface area contributed by atoms with Crippen molar-refractivity contribution in [3.05, 3.63) is 18.2 Å². The smallest absolute Gasteiger partial charge is 0.234 e. The standard InChI is InChI=1S/C16H23N3O5S/c1-4-18-6-5-17-13(18)14-19(10(20)8-25-14)7-9-11(21)12-15(22-9)24-16(2,3)23-12/h5-6,9,11-12,14-15,21H,4,7-8H2,1-3H3/t9-,11+,12-,14+,15-/m1/s1. The maximum Gasteiger partial charge on any atom is 0.234 e. The molecule has 1 N–H and O–H groups in total. The number of hydrogen-bond acceptors (Lipinski definition) is 7. The van der Waals surface area contributed by atoms with Gasteiger partial charge in [-0.2, -0.15) is 0 Å². The molecule has 4 heterocycles. The molecule has 138 valence electrons. The van der Waals surface area contributed by atoms with Gasteiger partial charge in [-0.3, -0.25) is 4.79 Å². The fourth-order valence-corrected chi connectivity index (χ4v) is 4.78. The number of ether oxygens (including phenoxy) is 3. The molecule has 3 aliphatic rings. The predicted octanol–water partition coefficient (Wildman–Crippen LogP) is 0.714. The maximum atomic E-state index is 12.4. The number of thioether (sulfide) groups is 1. The molecule has 0 saturated carbocycles. The van der Waals surface area contributed by atoms with Crippen molar-refractivity contribution < 1.29 is 24.1 Å². The van der Waals surface area contributed by atoms with Gasteiger partial charge in [0.15, 0.2) is 12.1 Å². The molecular weight excluding hydrogens is 346 g/mol. The van der Waals surface area contributed by atoms with Gasteiger partial charge in [-0.05, 0) is 20.8 Å². The molecule has 0 radical (unpaired) electrons. The fourth-order valence-electron chi connectivity index (χ4n) is 3.58. The monoisotopic (exact) mass is 369 g/mol. The number of aliphatic hydroxyl groups excluding tert-OH is 1. The molecule has 4 rings (SSSR count). The van der Waals surface area contributed by atoms with Crippen LogP contribution in [-0.4, -0.2) is 68.2 Å². The highest BCUT2D eigenvalue weighted by Gasteiger charge is 2.55. The van der Waals surface area contributed by atoms with E-state index >= 15 is 0 Å². The molecule has 0 aromatic carbocycles. The van der Waals surface area contributed by atoms with E-state index in [0.29, 0.717) is 5.75 Å². The first-order valence-corrected chi connectivity index (χ1v) is 9.56. The van der Waals surface area contributed by atoms with Gasteiger partial charge in [0.25, 0.3) is 0 Å². The van der Waals surface area contributed by atoms with E-state index in [-0.39, 0.29) is 17.8 Å². The fraction of sp³-hybridized carbons (Fsp3) is 0.750. The molecule has 25 heavy (non-hydrogen) atoms. The van der Waals surface area contributed by atoms with Crippen LogP contribution in [0.2, 0.25) is 0 Å². The Morgan fingerprint density at radius 1 is 1.44 bits per heavy atom. The van der Waals surface area contributed by atoms with E-state index in [4.69, 9.17) is 14.2 Å². The number of hydrogen-bond donors (Lipinski definition) is 1. The Hall–Kier alpha value is -1.13. The van der Waals surface area contributed by atoms with Crippen LogP contribution in [0, 0.1) is 0 Å². The van der Waals surface area contributed by atoms with Gasteiger partial charge in [0.05, 0.1) is 12.3 Å². The van der Waals surface area contributed by atoms with Gasteiger partial charge in [-0.25, -0.2) is 4.98 Å². The summed E-state index contributed by atoms with van der Waals surface area (Å²) in [6.45, 7) is 6.69. The Balaban J connectivity index is 1.49. The first-order chi connectivity index (χ1) is 11.9. The van der Waals surface area contributed by atoms with Gasteiger partial charge in [0, 0.05) is 18.9 Å². The number of rotatable bonds is 4. The van der Waals surface area contributed by atoms with Gasteiger partial charge < -0.3 is 28.8 Å². The summed E-state index contributed by atoms with van der Waals surface area (Å²) in [7, 11) is 0. The second kappa shape index (κ2) is 6.24. The Morgan fingerprint density at radius 2 is 2.24 bits per heavy atom. The minimum absolute atomic E-state index is 0.0238. The molecular formula is C16H23N3O5S. The number of aromatic nitrogens is 2. The zero-order chi connectivity index (χ0) is 17.8. The number of carbonyl (C=O) groups excluding carboxylic acids is 1. The number of carbonyl (C=O) groups is 1. The van der Waals surface area contributed by atoms with E-state index in [1.807, 2.05) is 17.7 Å². The Morgan fingerprint density at radius 3 is 2.96 bits per heavy atom. The molecule has 3 aliphatic heterocycles. The van der Waals surface area contributed by atoms with Crippen molar-refractivity contribution in [1.29, 1.82) is 0 Å². The molecule has 1 amide bonds. The van der Waals surface area contributed by atoms with Crippen molar-refractivity contribution in [1.82, 2.24) is 14.5 Å². The summed E-state index contributed by atoms with van der Waals surface area (Å²) in [6.07, 6.45) is 1.15. The third kappa shape index (κ3) is 2.97. The normalized spacial score (nSPS) is 37.0. The summed E-state index contributed by atoms with van der Waals surface area (Å²) in [5.74, 6) is 0.502. The molecule has 1 aromatic heterocycles. The summed E-state index contributed by atoms with van der Waals surface area (Å²) in [5.41, 5.74) is 0. The van der Waals surface area contributed by atoms with Crippen LogP contribution in [-0.2, 0) is 25.5 Å². The number of fused-ring (bicyclic) bond motifs is 1. The van der Waals surface area contributed by atoms with Crippen molar-refractivity contribution >= 4 is 17.7 Å². The van der Waals surface area contributed by atoms with E-state index in [1.165, 1.54) is 0 Å². The van der Waals surface area contributed by atoms with Crippen LogP contribution in [0.5, 0.6) is 0 Å². The lowest BCUT2D eigenvalue weighted by Gasteiger charge is -2.29. The van der Waals surface area contributed by atoms with Crippen LogP contribution in [0.1, 0.15) is 32.0 Å². The van der Waals surface area contributed by atoms with Crippen molar-refractivity contribution in [3.63, 3.8) is 0 Å². The highest BCUT2D eigenvalue weighted by atomic mass is 32.2. The van der Waals surface area contributed by atoms with E-state index in [1.54, 1.807) is 36.7 Å². The van der Waals surface area contributed by atoms with Crippen molar-refractivity contribution in [2.75, 3.05) is 12.3 Å².